The standard InChI is InChI=1S/C24H22F2N6O4/c1-27-20-17(12-30-35-2)21(29-13-28-20)36-19-8-7-16(11-18(19)26)32-23(34)24(9-10-24)22(33)31-15-5-3-14(25)4-6-15/h3-8,11-13H,9-10H2,1-2H3,(H,31,33)(H,32,34)(H,27,28,29)/b30-12+. The first-order valence-corrected chi connectivity index (χ1v) is 10.8. The van der Waals surface area contributed by atoms with E-state index >= 15 is 0 Å². The van der Waals surface area contributed by atoms with E-state index in [1.807, 2.05) is 0 Å². The maximum atomic E-state index is 14.8. The van der Waals surface area contributed by atoms with Crippen molar-refractivity contribution in [3.8, 4) is 11.6 Å². The van der Waals surface area contributed by atoms with Crippen LogP contribution in [0, 0.1) is 17.0 Å². The van der Waals surface area contributed by atoms with E-state index in [4.69, 9.17) is 4.74 Å². The van der Waals surface area contributed by atoms with Crippen LogP contribution in [0.5, 0.6) is 11.6 Å². The molecule has 3 aromatic rings. The van der Waals surface area contributed by atoms with Crippen molar-refractivity contribution in [2.75, 3.05) is 30.1 Å². The van der Waals surface area contributed by atoms with Crippen LogP contribution >= 0.6 is 0 Å². The molecule has 10 nitrogen and oxygen atoms in total. The molecular formula is C24H22F2N6O4. The Hall–Kier alpha value is -4.61. The summed E-state index contributed by atoms with van der Waals surface area (Å²) < 4.78 is 33.5. The number of oxime groups is 1. The highest BCUT2D eigenvalue weighted by Gasteiger charge is 2.56. The van der Waals surface area contributed by atoms with Gasteiger partial charge >= 0.3 is 0 Å². The molecule has 4 rings (SSSR count). The van der Waals surface area contributed by atoms with Gasteiger partial charge in [0.1, 0.15) is 36.1 Å². The number of anilines is 3. The van der Waals surface area contributed by atoms with Crippen molar-refractivity contribution in [1.29, 1.82) is 0 Å². The number of ether oxygens (including phenoxy) is 1. The molecule has 0 atom stereocenters. The highest BCUT2D eigenvalue weighted by atomic mass is 19.1. The molecular weight excluding hydrogens is 474 g/mol. The van der Waals surface area contributed by atoms with Crippen LogP contribution < -0.4 is 20.7 Å². The molecule has 1 aromatic heterocycles. The number of rotatable bonds is 9. The van der Waals surface area contributed by atoms with E-state index in [1.165, 1.54) is 56.0 Å². The van der Waals surface area contributed by atoms with E-state index in [9.17, 15) is 18.4 Å². The number of hydrogen-bond donors (Lipinski definition) is 3. The Morgan fingerprint density at radius 3 is 2.31 bits per heavy atom. The number of nitrogens with one attached hydrogen (secondary N) is 3. The number of benzene rings is 2. The molecule has 36 heavy (non-hydrogen) atoms. The summed E-state index contributed by atoms with van der Waals surface area (Å²) in [6, 6.07) is 9.04. The zero-order valence-electron chi connectivity index (χ0n) is 19.3. The van der Waals surface area contributed by atoms with Crippen molar-refractivity contribution < 1.29 is 27.9 Å². The normalized spacial score (nSPS) is 13.7. The average Bonchev–Trinajstić information content (AvgIpc) is 3.68. The van der Waals surface area contributed by atoms with Crippen molar-refractivity contribution >= 4 is 35.2 Å². The topological polar surface area (TPSA) is 127 Å². The van der Waals surface area contributed by atoms with Gasteiger partial charge in [0.05, 0.1) is 6.21 Å². The zero-order chi connectivity index (χ0) is 25.7. The second-order valence-corrected chi connectivity index (χ2v) is 7.85. The zero-order valence-corrected chi connectivity index (χ0v) is 19.3. The third-order valence-electron chi connectivity index (χ3n) is 5.49. The average molecular weight is 496 g/mol. The third-order valence-corrected chi connectivity index (χ3v) is 5.49. The van der Waals surface area contributed by atoms with Gasteiger partial charge in [-0.3, -0.25) is 9.59 Å². The minimum absolute atomic E-state index is 0.0280. The van der Waals surface area contributed by atoms with E-state index in [-0.39, 0.29) is 17.3 Å². The van der Waals surface area contributed by atoms with Crippen LogP contribution in [-0.4, -0.2) is 42.2 Å². The lowest BCUT2D eigenvalue weighted by Crippen LogP contribution is -2.35. The number of aromatic nitrogens is 2. The summed E-state index contributed by atoms with van der Waals surface area (Å²) in [5.74, 6) is -2.03. The fourth-order valence-corrected chi connectivity index (χ4v) is 3.36. The van der Waals surface area contributed by atoms with Crippen LogP contribution in [0.4, 0.5) is 26.0 Å². The molecule has 1 aliphatic rings. The maximum Gasteiger partial charge on any atom is 0.240 e. The Morgan fingerprint density at radius 1 is 1.03 bits per heavy atom. The smallest absolute Gasteiger partial charge is 0.240 e. The monoisotopic (exact) mass is 496 g/mol. The summed E-state index contributed by atoms with van der Waals surface area (Å²) in [5.41, 5.74) is -0.429. The van der Waals surface area contributed by atoms with Gasteiger partial charge in [0.15, 0.2) is 11.6 Å². The van der Waals surface area contributed by atoms with Crippen LogP contribution in [0.25, 0.3) is 0 Å². The van der Waals surface area contributed by atoms with Crippen molar-refractivity contribution in [1.82, 2.24) is 9.97 Å². The highest BCUT2D eigenvalue weighted by Crippen LogP contribution is 2.47. The number of nitrogens with zero attached hydrogens (tertiary/aromatic N) is 3. The van der Waals surface area contributed by atoms with Gasteiger partial charge in [-0.15, -0.1) is 0 Å². The van der Waals surface area contributed by atoms with Gasteiger partial charge in [-0.1, -0.05) is 5.16 Å². The van der Waals surface area contributed by atoms with Crippen molar-refractivity contribution in [2.45, 2.75) is 12.8 Å². The van der Waals surface area contributed by atoms with Crippen molar-refractivity contribution in [3.63, 3.8) is 0 Å². The summed E-state index contributed by atoms with van der Waals surface area (Å²) in [6.45, 7) is 0. The van der Waals surface area contributed by atoms with Gasteiger partial charge in [0.25, 0.3) is 0 Å². The van der Waals surface area contributed by atoms with E-state index in [1.54, 1.807) is 7.05 Å². The lowest BCUT2D eigenvalue weighted by molar-refractivity contribution is -0.131. The van der Waals surface area contributed by atoms with Gasteiger partial charge in [0.2, 0.25) is 17.7 Å². The second kappa shape index (κ2) is 10.3. The maximum absolute atomic E-state index is 14.8. The predicted octanol–water partition coefficient (Wildman–Crippen LogP) is 3.93. The largest absolute Gasteiger partial charge is 0.435 e. The fourth-order valence-electron chi connectivity index (χ4n) is 3.36. The van der Waals surface area contributed by atoms with E-state index in [0.717, 1.165) is 6.07 Å². The molecule has 0 spiro atoms. The summed E-state index contributed by atoms with van der Waals surface area (Å²) in [5, 5.41) is 11.7. The molecule has 1 saturated carbocycles. The molecule has 1 heterocycles. The highest BCUT2D eigenvalue weighted by molar-refractivity contribution is 6.16. The number of carbonyl (C=O) groups is 2. The van der Waals surface area contributed by atoms with E-state index in [2.05, 4.69) is 35.9 Å². The molecule has 3 N–H and O–H groups in total. The molecule has 186 valence electrons. The Balaban J connectivity index is 1.46. The first-order chi connectivity index (χ1) is 17.4. The Kier molecular flexibility index (Phi) is 7.04. The number of halogens is 2. The van der Waals surface area contributed by atoms with Crippen molar-refractivity contribution in [2.24, 2.45) is 10.6 Å². The summed E-state index contributed by atoms with van der Waals surface area (Å²) in [4.78, 5) is 38.3. The molecule has 0 saturated heterocycles. The molecule has 1 fully saturated rings. The first-order valence-electron chi connectivity index (χ1n) is 10.8. The number of amides is 2. The van der Waals surface area contributed by atoms with Gasteiger partial charge in [-0.25, -0.2) is 18.7 Å². The van der Waals surface area contributed by atoms with Crippen LogP contribution in [0.15, 0.2) is 53.9 Å². The van der Waals surface area contributed by atoms with Crippen LogP contribution in [0.2, 0.25) is 0 Å². The number of hydrogen-bond acceptors (Lipinski definition) is 8. The quantitative estimate of drug-likeness (QED) is 0.233. The minimum atomic E-state index is -1.28. The summed E-state index contributed by atoms with van der Waals surface area (Å²) in [6.07, 6.45) is 3.23. The minimum Gasteiger partial charge on any atom is -0.435 e. The van der Waals surface area contributed by atoms with Gasteiger partial charge in [-0.2, -0.15) is 0 Å². The SMILES string of the molecule is CNc1ncnc(Oc2ccc(NC(=O)C3(C(=O)Nc4ccc(F)cc4)CC3)cc2F)c1/C=N/OC. The van der Waals surface area contributed by atoms with E-state index < -0.39 is 28.9 Å². The second-order valence-electron chi connectivity index (χ2n) is 7.85. The van der Waals surface area contributed by atoms with Crippen molar-refractivity contribution in [3.05, 3.63) is 66.0 Å². The molecule has 0 radical (unpaired) electrons. The molecule has 0 aliphatic heterocycles. The van der Waals surface area contributed by atoms with Crippen LogP contribution in [0.3, 0.4) is 0 Å². The summed E-state index contributed by atoms with van der Waals surface area (Å²) >= 11 is 0. The number of carbonyl (C=O) groups excluding carboxylic acids is 2. The fraction of sp³-hybridized carbons (Fsp3) is 0.208. The first kappa shape index (κ1) is 24.5. The van der Waals surface area contributed by atoms with E-state index in [0.29, 0.717) is 29.9 Å². The molecule has 0 bridgehead atoms. The Bertz CT molecular complexity index is 1310. The molecule has 2 amide bonds. The van der Waals surface area contributed by atoms with Crippen LogP contribution in [0.1, 0.15) is 18.4 Å². The van der Waals surface area contributed by atoms with Gasteiger partial charge in [0, 0.05) is 24.5 Å². The molecule has 2 aromatic carbocycles. The van der Waals surface area contributed by atoms with Gasteiger partial charge in [-0.05, 0) is 49.2 Å². The van der Waals surface area contributed by atoms with Crippen LogP contribution in [-0.2, 0) is 14.4 Å². The predicted molar refractivity (Wildman–Crippen MR) is 128 cm³/mol. The third kappa shape index (κ3) is 5.22. The molecule has 0 unspecified atom stereocenters. The summed E-state index contributed by atoms with van der Waals surface area (Å²) in [7, 11) is 3.01. The lowest BCUT2D eigenvalue weighted by Gasteiger charge is -2.16. The molecule has 12 heteroatoms. The Labute approximate surface area is 204 Å². The molecule has 1 aliphatic carbocycles. The lowest BCUT2D eigenvalue weighted by atomic mass is 10.0. The Morgan fingerprint density at radius 2 is 1.69 bits per heavy atom. The van der Waals surface area contributed by atoms with Gasteiger partial charge < -0.3 is 25.5 Å².